The second-order valence-corrected chi connectivity index (χ2v) is 6.08. The van der Waals surface area contributed by atoms with E-state index in [1.165, 1.54) is 11.1 Å². The van der Waals surface area contributed by atoms with E-state index in [1.54, 1.807) is 7.11 Å². The molecule has 0 saturated carbocycles. The Morgan fingerprint density at radius 2 is 2.08 bits per heavy atom. The maximum Gasteiger partial charge on any atom is 0.123 e. The first-order valence-electron chi connectivity index (χ1n) is 3.70. The van der Waals surface area contributed by atoms with Gasteiger partial charge in [0.1, 0.15) is 5.75 Å². The maximum atomic E-state index is 5.26. The molecule has 0 atom stereocenters. The van der Waals surface area contributed by atoms with Crippen molar-refractivity contribution in [1.29, 1.82) is 0 Å². The summed E-state index contributed by atoms with van der Waals surface area (Å²) >= 11 is 10.4. The monoisotopic (exact) mass is 370 g/mol. The van der Waals surface area contributed by atoms with Crippen molar-refractivity contribution in [2.75, 3.05) is 7.11 Å². The molecule has 0 aliphatic rings. The Morgan fingerprint density at radius 3 is 2.54 bits per heavy atom. The summed E-state index contributed by atoms with van der Waals surface area (Å²) in [6.07, 6.45) is 0. The van der Waals surface area contributed by atoms with Gasteiger partial charge in [-0.05, 0) is 11.6 Å². The highest BCUT2D eigenvalue weighted by molar-refractivity contribution is 9.24. The first-order valence-corrected chi connectivity index (χ1v) is 6.66. The minimum atomic E-state index is 0.169. The smallest absolute Gasteiger partial charge is 0.123 e. The lowest BCUT2D eigenvalue weighted by molar-refractivity contribution is 0.411. The van der Waals surface area contributed by atoms with Gasteiger partial charge in [-0.25, -0.2) is 0 Å². The lowest BCUT2D eigenvalue weighted by Crippen LogP contribution is -1.94. The molecule has 0 radical (unpaired) electrons. The Hall–Kier alpha value is 0.460. The summed E-state index contributed by atoms with van der Waals surface area (Å²) in [5.41, 5.74) is 2.36. The molecule has 72 valence electrons. The molecule has 0 amide bonds. The molecule has 1 aromatic carbocycles. The minimum Gasteiger partial charge on any atom is -0.496 e. The zero-order valence-corrected chi connectivity index (χ0v) is 11.8. The Labute approximate surface area is 103 Å². The van der Waals surface area contributed by atoms with Gasteiger partial charge in [0.15, 0.2) is 0 Å². The average molecular weight is 373 g/mol. The second kappa shape index (κ2) is 5.37. The van der Waals surface area contributed by atoms with Gasteiger partial charge in [-0.3, -0.25) is 0 Å². The summed E-state index contributed by atoms with van der Waals surface area (Å²) in [7, 11) is 1.68. The van der Waals surface area contributed by atoms with Gasteiger partial charge in [0.05, 0.1) is 10.8 Å². The molecule has 1 rings (SSSR count). The van der Waals surface area contributed by atoms with Crippen LogP contribution in [0.15, 0.2) is 18.2 Å². The van der Waals surface area contributed by atoms with Crippen LogP contribution in [0.25, 0.3) is 0 Å². The van der Waals surface area contributed by atoms with Gasteiger partial charge in [-0.1, -0.05) is 59.9 Å². The Balaban J connectivity index is 3.19. The topological polar surface area (TPSA) is 9.23 Å². The average Bonchev–Trinajstić information content (AvgIpc) is 2.16. The zero-order valence-electron chi connectivity index (χ0n) is 7.06. The molecular formula is C9H9Br3O. The third-order valence-corrected chi connectivity index (χ3v) is 3.31. The van der Waals surface area contributed by atoms with Crippen LogP contribution in [0.1, 0.15) is 14.9 Å². The van der Waals surface area contributed by atoms with Crippen molar-refractivity contribution >= 4 is 47.8 Å². The fourth-order valence-corrected chi connectivity index (χ4v) is 2.58. The van der Waals surface area contributed by atoms with Gasteiger partial charge in [0.25, 0.3) is 0 Å². The van der Waals surface area contributed by atoms with Crippen molar-refractivity contribution in [3.8, 4) is 5.75 Å². The first kappa shape index (κ1) is 11.5. The molecule has 4 heteroatoms. The molecule has 0 aliphatic carbocycles. The van der Waals surface area contributed by atoms with Gasteiger partial charge >= 0.3 is 0 Å². The zero-order chi connectivity index (χ0) is 9.84. The third-order valence-electron chi connectivity index (χ3n) is 1.76. The van der Waals surface area contributed by atoms with Crippen molar-refractivity contribution in [3.63, 3.8) is 0 Å². The maximum absolute atomic E-state index is 5.26. The van der Waals surface area contributed by atoms with E-state index in [9.17, 15) is 0 Å². The van der Waals surface area contributed by atoms with Gasteiger partial charge < -0.3 is 4.74 Å². The summed E-state index contributed by atoms with van der Waals surface area (Å²) in [6, 6.07) is 6.01. The van der Waals surface area contributed by atoms with E-state index in [2.05, 4.69) is 53.9 Å². The number of hydrogen-bond donors (Lipinski definition) is 0. The van der Waals surface area contributed by atoms with Gasteiger partial charge in [-0.15, -0.1) is 0 Å². The number of methoxy groups -OCH3 is 1. The number of benzene rings is 1. The van der Waals surface area contributed by atoms with E-state index < -0.39 is 0 Å². The lowest BCUT2D eigenvalue weighted by Gasteiger charge is -2.12. The van der Waals surface area contributed by atoms with Gasteiger partial charge in [0, 0.05) is 10.9 Å². The molecule has 0 N–H and O–H groups in total. The normalized spacial score (nSPS) is 10.5. The van der Waals surface area contributed by atoms with Crippen molar-refractivity contribution < 1.29 is 4.74 Å². The van der Waals surface area contributed by atoms with Crippen LogP contribution in [0.5, 0.6) is 5.75 Å². The number of rotatable bonds is 3. The van der Waals surface area contributed by atoms with Crippen molar-refractivity contribution in [3.05, 3.63) is 29.3 Å². The third kappa shape index (κ3) is 2.70. The van der Waals surface area contributed by atoms with Crippen molar-refractivity contribution in [2.24, 2.45) is 0 Å². The molecule has 1 aromatic rings. The number of ether oxygens (including phenoxy) is 1. The van der Waals surface area contributed by atoms with Crippen LogP contribution in [-0.4, -0.2) is 7.11 Å². The predicted octanol–water partition coefficient (Wildman–Crippen LogP) is 4.38. The van der Waals surface area contributed by atoms with E-state index in [4.69, 9.17) is 4.74 Å². The van der Waals surface area contributed by atoms with Crippen molar-refractivity contribution in [1.82, 2.24) is 0 Å². The van der Waals surface area contributed by atoms with Crippen molar-refractivity contribution in [2.45, 2.75) is 9.07 Å². The molecule has 0 bridgehead atoms. The van der Waals surface area contributed by atoms with Gasteiger partial charge in [0.2, 0.25) is 0 Å². The summed E-state index contributed by atoms with van der Waals surface area (Å²) in [4.78, 5) is 0. The van der Waals surface area contributed by atoms with E-state index in [0.29, 0.717) is 0 Å². The number of halogens is 3. The standard InChI is InChI=1S/C9H9Br3O/c1-13-8-4-2-3-6(9(11)12)7(8)5-10/h2-4,9H,5H2,1H3. The van der Waals surface area contributed by atoms with Crippen LogP contribution in [0.2, 0.25) is 0 Å². The summed E-state index contributed by atoms with van der Waals surface area (Å²) in [6.45, 7) is 0. The van der Waals surface area contributed by atoms with E-state index in [1.807, 2.05) is 12.1 Å². The number of alkyl halides is 3. The highest BCUT2D eigenvalue weighted by Gasteiger charge is 2.11. The van der Waals surface area contributed by atoms with Crippen LogP contribution >= 0.6 is 47.8 Å². The fourth-order valence-electron chi connectivity index (χ4n) is 1.12. The van der Waals surface area contributed by atoms with Crippen LogP contribution in [0.4, 0.5) is 0 Å². The molecule has 0 heterocycles. The second-order valence-electron chi connectivity index (χ2n) is 2.46. The Morgan fingerprint density at radius 1 is 1.38 bits per heavy atom. The summed E-state index contributed by atoms with van der Waals surface area (Å²) in [5.74, 6) is 0.915. The molecule has 0 unspecified atom stereocenters. The highest BCUT2D eigenvalue weighted by atomic mass is 79.9. The molecule has 0 spiro atoms. The molecule has 0 saturated heterocycles. The fraction of sp³-hybridized carbons (Fsp3) is 0.333. The summed E-state index contributed by atoms with van der Waals surface area (Å²) in [5, 5.41) is 0.792. The molecule has 1 nitrogen and oxygen atoms in total. The van der Waals surface area contributed by atoms with Crippen LogP contribution in [0, 0.1) is 0 Å². The van der Waals surface area contributed by atoms with Crippen LogP contribution in [0.3, 0.4) is 0 Å². The van der Waals surface area contributed by atoms with Crippen LogP contribution in [-0.2, 0) is 5.33 Å². The Kier molecular flexibility index (Phi) is 4.76. The highest BCUT2D eigenvalue weighted by Crippen LogP contribution is 2.36. The largest absolute Gasteiger partial charge is 0.496 e. The SMILES string of the molecule is COc1cccc(C(Br)Br)c1CBr. The van der Waals surface area contributed by atoms with E-state index in [0.717, 1.165) is 11.1 Å². The number of hydrogen-bond acceptors (Lipinski definition) is 1. The van der Waals surface area contributed by atoms with E-state index in [-0.39, 0.29) is 3.74 Å². The minimum absolute atomic E-state index is 0.169. The molecular weight excluding hydrogens is 364 g/mol. The molecule has 13 heavy (non-hydrogen) atoms. The molecule has 0 fully saturated rings. The Bertz CT molecular complexity index is 286. The molecule has 0 aliphatic heterocycles. The first-order chi connectivity index (χ1) is 6.20. The lowest BCUT2D eigenvalue weighted by atomic mass is 10.1. The molecule has 0 aromatic heterocycles. The summed E-state index contributed by atoms with van der Waals surface area (Å²) < 4.78 is 5.42. The van der Waals surface area contributed by atoms with E-state index >= 15 is 0 Å². The van der Waals surface area contributed by atoms with Crippen LogP contribution < -0.4 is 4.74 Å². The van der Waals surface area contributed by atoms with Gasteiger partial charge in [-0.2, -0.15) is 0 Å². The predicted molar refractivity (Wildman–Crippen MR) is 66.2 cm³/mol. The quantitative estimate of drug-likeness (QED) is 0.715.